The van der Waals surface area contributed by atoms with E-state index >= 15 is 0 Å². The molecule has 0 unspecified atom stereocenters. The average Bonchev–Trinajstić information content (AvgIpc) is 3.27. The first-order valence-electron chi connectivity index (χ1n) is 11.4. The average molecular weight is 471 g/mol. The minimum Gasteiger partial charge on any atom is -0.345 e. The number of piperidine rings is 1. The summed E-state index contributed by atoms with van der Waals surface area (Å²) in [5.41, 5.74) is 4.04. The molecule has 0 radical (unpaired) electrons. The van der Waals surface area contributed by atoms with Crippen LogP contribution >= 0.6 is 0 Å². The molecule has 5 rings (SSSR count). The van der Waals surface area contributed by atoms with E-state index in [4.69, 9.17) is 15.0 Å². The second kappa shape index (κ2) is 8.96. The summed E-state index contributed by atoms with van der Waals surface area (Å²) in [5.74, 6) is 0.930. The van der Waals surface area contributed by atoms with E-state index in [2.05, 4.69) is 26.8 Å². The Hall–Kier alpha value is -2.63. The van der Waals surface area contributed by atoms with Gasteiger partial charge in [0.25, 0.3) is 0 Å². The summed E-state index contributed by atoms with van der Waals surface area (Å²) >= 11 is 0. The number of fused-ring (bicyclic) bond motifs is 1. The molecule has 0 amide bonds. The second-order valence-corrected chi connectivity index (χ2v) is 11.1. The molecule has 1 N–H and O–H groups in total. The van der Waals surface area contributed by atoms with Gasteiger partial charge in [0.05, 0.1) is 23.8 Å². The van der Waals surface area contributed by atoms with Crippen LogP contribution in [0.3, 0.4) is 0 Å². The number of piperazine rings is 1. The van der Waals surface area contributed by atoms with E-state index in [0.29, 0.717) is 19.5 Å². The molecule has 33 heavy (non-hydrogen) atoms. The molecule has 11 heteroatoms. The monoisotopic (exact) mass is 470 g/mol. The highest BCUT2D eigenvalue weighted by atomic mass is 32.2. The van der Waals surface area contributed by atoms with E-state index in [9.17, 15) is 8.42 Å². The number of nitrogens with zero attached hydrogens (tertiary/aromatic N) is 7. The van der Waals surface area contributed by atoms with Gasteiger partial charge in [0.2, 0.25) is 16.0 Å². The lowest BCUT2D eigenvalue weighted by Gasteiger charge is -2.33. The number of anilines is 1. The van der Waals surface area contributed by atoms with Gasteiger partial charge < -0.3 is 14.8 Å². The predicted octanol–water partition coefficient (Wildman–Crippen LogP) is 1.38. The van der Waals surface area contributed by atoms with Crippen molar-refractivity contribution in [3.8, 4) is 11.3 Å². The molecule has 0 bridgehead atoms. The summed E-state index contributed by atoms with van der Waals surface area (Å²) in [7, 11) is -1.08. The van der Waals surface area contributed by atoms with Gasteiger partial charge in [0.1, 0.15) is 5.52 Å². The van der Waals surface area contributed by atoms with Crippen molar-refractivity contribution in [2.45, 2.75) is 19.3 Å². The van der Waals surface area contributed by atoms with E-state index in [1.165, 1.54) is 6.26 Å². The number of H-pyrrole nitrogens is 1. The first-order valence-corrected chi connectivity index (χ1v) is 13.3. The summed E-state index contributed by atoms with van der Waals surface area (Å²) in [6.45, 7) is 4.83. The Morgan fingerprint density at radius 1 is 1.09 bits per heavy atom. The summed E-state index contributed by atoms with van der Waals surface area (Å²) in [6, 6.07) is 1.90. The molecule has 3 aromatic heterocycles. The number of hydrogen-bond acceptors (Lipinski definition) is 8. The number of sulfonamides is 1. The van der Waals surface area contributed by atoms with Gasteiger partial charge in [-0.1, -0.05) is 0 Å². The summed E-state index contributed by atoms with van der Waals surface area (Å²) in [5, 5.41) is 0. The van der Waals surface area contributed by atoms with Gasteiger partial charge in [0, 0.05) is 57.2 Å². The van der Waals surface area contributed by atoms with Crippen LogP contribution in [-0.2, 0) is 16.4 Å². The van der Waals surface area contributed by atoms with Crippen molar-refractivity contribution >= 4 is 27.1 Å². The molecule has 5 heterocycles. The third-order valence-electron chi connectivity index (χ3n) is 6.61. The molecule has 1 atom stereocenters. The Balaban J connectivity index is 1.48. The normalized spacial score (nSPS) is 21.0. The van der Waals surface area contributed by atoms with Crippen LogP contribution in [0.4, 0.5) is 5.95 Å². The predicted molar refractivity (Wildman–Crippen MR) is 127 cm³/mol. The Bertz CT molecular complexity index is 1240. The molecule has 2 fully saturated rings. The highest BCUT2D eigenvalue weighted by Crippen LogP contribution is 2.29. The van der Waals surface area contributed by atoms with Crippen molar-refractivity contribution in [1.29, 1.82) is 0 Å². The van der Waals surface area contributed by atoms with E-state index in [0.717, 1.165) is 73.1 Å². The van der Waals surface area contributed by atoms with Crippen LogP contribution in [0.5, 0.6) is 0 Å². The maximum absolute atomic E-state index is 12.1. The van der Waals surface area contributed by atoms with E-state index in [-0.39, 0.29) is 5.92 Å². The smallest absolute Gasteiger partial charge is 0.225 e. The maximum Gasteiger partial charge on any atom is 0.225 e. The second-order valence-electron chi connectivity index (χ2n) is 9.12. The fourth-order valence-corrected chi connectivity index (χ4v) is 5.61. The number of hydrogen-bond donors (Lipinski definition) is 1. The largest absolute Gasteiger partial charge is 0.345 e. The quantitative estimate of drug-likeness (QED) is 0.595. The SMILES string of the molecule is CN1CCN(c2ncc(-c3cnc4[nH]ccc4n3)c(C[C@H]3CCCN(S(C)(=O)=O)C3)n2)CC1. The van der Waals surface area contributed by atoms with Crippen molar-refractivity contribution in [3.05, 3.63) is 30.4 Å². The van der Waals surface area contributed by atoms with E-state index in [1.54, 1.807) is 10.5 Å². The number of rotatable bonds is 5. The van der Waals surface area contributed by atoms with Crippen molar-refractivity contribution < 1.29 is 8.42 Å². The van der Waals surface area contributed by atoms with Gasteiger partial charge >= 0.3 is 0 Å². The minimum absolute atomic E-state index is 0.200. The summed E-state index contributed by atoms with van der Waals surface area (Å²) in [6.07, 6.45) is 9.23. The third kappa shape index (κ3) is 4.85. The number of aromatic nitrogens is 5. The molecule has 0 spiro atoms. The molecular formula is C22H30N8O2S. The fourth-order valence-electron chi connectivity index (χ4n) is 4.66. The van der Waals surface area contributed by atoms with Crippen molar-refractivity contribution in [1.82, 2.24) is 34.1 Å². The lowest BCUT2D eigenvalue weighted by molar-refractivity contribution is 0.265. The zero-order valence-corrected chi connectivity index (χ0v) is 19.9. The van der Waals surface area contributed by atoms with Crippen LogP contribution in [0.25, 0.3) is 22.4 Å². The first kappa shape index (κ1) is 22.2. The van der Waals surface area contributed by atoms with Crippen LogP contribution in [0.1, 0.15) is 18.5 Å². The molecule has 0 aromatic carbocycles. The molecule has 10 nitrogen and oxygen atoms in total. The number of likely N-dealkylation sites (N-methyl/N-ethyl adjacent to an activating group) is 1. The zero-order chi connectivity index (χ0) is 23.0. The minimum atomic E-state index is -3.20. The Labute approximate surface area is 194 Å². The lowest BCUT2D eigenvalue weighted by atomic mass is 9.92. The zero-order valence-electron chi connectivity index (χ0n) is 19.1. The van der Waals surface area contributed by atoms with Crippen molar-refractivity contribution in [3.63, 3.8) is 0 Å². The highest BCUT2D eigenvalue weighted by molar-refractivity contribution is 7.88. The van der Waals surface area contributed by atoms with E-state index in [1.807, 2.05) is 18.5 Å². The molecule has 176 valence electrons. The Morgan fingerprint density at radius 3 is 2.70 bits per heavy atom. The number of nitrogens with one attached hydrogen (secondary N) is 1. The van der Waals surface area contributed by atoms with Gasteiger partial charge in [-0.3, -0.25) is 0 Å². The molecule has 2 aliphatic heterocycles. The lowest BCUT2D eigenvalue weighted by Crippen LogP contribution is -2.45. The van der Waals surface area contributed by atoms with Gasteiger partial charge in [0.15, 0.2) is 5.65 Å². The van der Waals surface area contributed by atoms with Crippen molar-refractivity contribution in [2.24, 2.45) is 5.92 Å². The van der Waals surface area contributed by atoms with Crippen LogP contribution in [0, 0.1) is 5.92 Å². The van der Waals surface area contributed by atoms with E-state index < -0.39 is 10.0 Å². The standard InChI is InChI=1S/C22H30N8O2S/c1-28-8-10-29(11-9-28)22-25-13-17(20-14-24-21-18(26-20)5-6-23-21)19(27-22)12-16-4-3-7-30(15-16)33(2,31)32/h5-6,13-14,16H,3-4,7-12,15H2,1-2H3,(H,23,24)/t16-/m1/s1. The highest BCUT2D eigenvalue weighted by Gasteiger charge is 2.28. The Kier molecular flexibility index (Phi) is 6.02. The topological polar surface area (TPSA) is 111 Å². The Morgan fingerprint density at radius 2 is 1.91 bits per heavy atom. The third-order valence-corrected chi connectivity index (χ3v) is 7.88. The summed E-state index contributed by atoms with van der Waals surface area (Å²) < 4.78 is 25.8. The van der Waals surface area contributed by atoms with Gasteiger partial charge in [-0.05, 0) is 38.3 Å². The molecule has 2 aliphatic rings. The van der Waals surface area contributed by atoms with Crippen LogP contribution in [0.2, 0.25) is 0 Å². The maximum atomic E-state index is 12.1. The van der Waals surface area contributed by atoms with Gasteiger partial charge in [-0.2, -0.15) is 0 Å². The van der Waals surface area contributed by atoms with Crippen LogP contribution in [-0.4, -0.2) is 95.1 Å². The van der Waals surface area contributed by atoms with Gasteiger partial charge in [-0.25, -0.2) is 32.7 Å². The molecule has 0 aliphatic carbocycles. The van der Waals surface area contributed by atoms with Crippen LogP contribution < -0.4 is 4.90 Å². The molecule has 0 saturated carbocycles. The molecular weight excluding hydrogens is 440 g/mol. The van der Waals surface area contributed by atoms with Gasteiger partial charge in [-0.15, -0.1) is 0 Å². The first-order chi connectivity index (χ1) is 15.9. The molecule has 2 saturated heterocycles. The summed E-state index contributed by atoms with van der Waals surface area (Å²) in [4.78, 5) is 26.5. The van der Waals surface area contributed by atoms with Crippen molar-refractivity contribution in [2.75, 3.05) is 57.5 Å². The fraction of sp³-hybridized carbons (Fsp3) is 0.545. The number of aromatic amines is 1. The molecule has 3 aromatic rings. The van der Waals surface area contributed by atoms with Crippen LogP contribution in [0.15, 0.2) is 24.7 Å².